The molecule has 0 saturated carbocycles. The van der Waals surface area contributed by atoms with Gasteiger partial charge in [-0.1, -0.05) is 36.9 Å². The van der Waals surface area contributed by atoms with Crippen LogP contribution in [0.1, 0.15) is 11.1 Å². The highest BCUT2D eigenvalue weighted by Gasteiger charge is 2.14. The zero-order valence-corrected chi connectivity index (χ0v) is 11.2. The van der Waals surface area contributed by atoms with Gasteiger partial charge in [-0.25, -0.2) is 0 Å². The molecular formula is C16H20N2O. The molecule has 1 aromatic rings. The Hall–Kier alpha value is -1.87. The molecule has 0 aromatic heterocycles. The topological polar surface area (TPSA) is 23.6 Å². The summed E-state index contributed by atoms with van der Waals surface area (Å²) in [6.45, 7) is 8.78. The lowest BCUT2D eigenvalue weighted by atomic mass is 10.1. The average molecular weight is 256 g/mol. The minimum atomic E-state index is 0.827. The number of carbonyl (C=O) groups excluding carboxylic acids is 1. The SMILES string of the molecule is C=Cc1ccc(CN2CCN(C=CC=O)CC2)cc1. The van der Waals surface area contributed by atoms with Crippen LogP contribution in [0.3, 0.4) is 0 Å². The lowest BCUT2D eigenvalue weighted by Crippen LogP contribution is -2.43. The Morgan fingerprint density at radius 2 is 1.79 bits per heavy atom. The Balaban J connectivity index is 1.83. The van der Waals surface area contributed by atoms with E-state index in [1.165, 1.54) is 5.56 Å². The lowest BCUT2D eigenvalue weighted by molar-refractivity contribution is -0.104. The van der Waals surface area contributed by atoms with Gasteiger partial charge in [0, 0.05) is 38.9 Å². The fourth-order valence-electron chi connectivity index (χ4n) is 2.24. The standard InChI is InChI=1S/C16H20N2O/c1-2-15-4-6-16(7-5-15)14-18-11-9-17(10-12-18)8-3-13-19/h2-8,13H,1,9-12,14H2. The van der Waals surface area contributed by atoms with Crippen LogP contribution in [0.15, 0.2) is 43.1 Å². The number of piperazine rings is 1. The van der Waals surface area contributed by atoms with Crippen molar-refractivity contribution < 1.29 is 4.79 Å². The molecule has 3 nitrogen and oxygen atoms in total. The zero-order chi connectivity index (χ0) is 13.5. The van der Waals surface area contributed by atoms with Gasteiger partial charge in [-0.3, -0.25) is 9.69 Å². The number of hydrogen-bond donors (Lipinski definition) is 0. The van der Waals surface area contributed by atoms with Crippen LogP contribution in [-0.2, 0) is 11.3 Å². The van der Waals surface area contributed by atoms with E-state index in [1.807, 2.05) is 12.3 Å². The van der Waals surface area contributed by atoms with E-state index < -0.39 is 0 Å². The van der Waals surface area contributed by atoms with Crippen LogP contribution >= 0.6 is 0 Å². The molecule has 0 aliphatic carbocycles. The minimum absolute atomic E-state index is 0.827. The molecule has 1 aromatic carbocycles. The first-order chi connectivity index (χ1) is 9.31. The molecule has 2 rings (SSSR count). The summed E-state index contributed by atoms with van der Waals surface area (Å²) in [6, 6.07) is 8.53. The normalized spacial score (nSPS) is 16.7. The average Bonchev–Trinajstić information content (AvgIpc) is 2.47. The predicted molar refractivity (Wildman–Crippen MR) is 78.6 cm³/mol. The molecular weight excluding hydrogens is 236 g/mol. The molecule has 0 atom stereocenters. The molecule has 0 bridgehead atoms. The molecule has 100 valence electrons. The molecule has 0 spiro atoms. The van der Waals surface area contributed by atoms with Gasteiger partial charge >= 0.3 is 0 Å². The molecule has 1 fully saturated rings. The monoisotopic (exact) mass is 256 g/mol. The van der Waals surface area contributed by atoms with E-state index in [2.05, 4.69) is 40.6 Å². The number of allylic oxidation sites excluding steroid dienone is 1. The van der Waals surface area contributed by atoms with Gasteiger partial charge in [0.1, 0.15) is 6.29 Å². The summed E-state index contributed by atoms with van der Waals surface area (Å²) in [6.07, 6.45) is 6.13. The third kappa shape index (κ3) is 4.07. The maximum absolute atomic E-state index is 10.3. The van der Waals surface area contributed by atoms with E-state index in [0.29, 0.717) is 0 Å². The van der Waals surface area contributed by atoms with Crippen LogP contribution < -0.4 is 0 Å². The summed E-state index contributed by atoms with van der Waals surface area (Å²) in [4.78, 5) is 14.9. The van der Waals surface area contributed by atoms with E-state index in [-0.39, 0.29) is 0 Å². The quantitative estimate of drug-likeness (QED) is 0.596. The molecule has 1 aliphatic heterocycles. The molecule has 19 heavy (non-hydrogen) atoms. The van der Waals surface area contributed by atoms with Crippen LogP contribution in [0, 0.1) is 0 Å². The second-order valence-electron chi connectivity index (χ2n) is 4.74. The van der Waals surface area contributed by atoms with Crippen molar-refractivity contribution in [3.8, 4) is 0 Å². The van der Waals surface area contributed by atoms with Crippen LogP contribution in [0.2, 0.25) is 0 Å². The number of hydrogen-bond acceptors (Lipinski definition) is 3. The van der Waals surface area contributed by atoms with Crippen molar-refractivity contribution in [1.29, 1.82) is 0 Å². The van der Waals surface area contributed by atoms with Gasteiger partial charge in [-0.2, -0.15) is 0 Å². The first kappa shape index (κ1) is 13.6. The predicted octanol–water partition coefficient (Wildman–Crippen LogP) is 2.16. The fourth-order valence-corrected chi connectivity index (χ4v) is 2.24. The van der Waals surface area contributed by atoms with Crippen LogP contribution in [0.25, 0.3) is 6.08 Å². The summed E-state index contributed by atoms with van der Waals surface area (Å²) in [5, 5.41) is 0. The van der Waals surface area contributed by atoms with Crippen molar-refractivity contribution in [2.45, 2.75) is 6.54 Å². The first-order valence-corrected chi connectivity index (χ1v) is 6.61. The summed E-state index contributed by atoms with van der Waals surface area (Å²) in [5.41, 5.74) is 2.50. The van der Waals surface area contributed by atoms with Crippen molar-refractivity contribution in [3.05, 3.63) is 54.2 Å². The van der Waals surface area contributed by atoms with Gasteiger partial charge in [0.15, 0.2) is 0 Å². The van der Waals surface area contributed by atoms with E-state index >= 15 is 0 Å². The molecule has 0 radical (unpaired) electrons. The molecule has 0 unspecified atom stereocenters. The number of benzene rings is 1. The Bertz CT molecular complexity index is 442. The second-order valence-corrected chi connectivity index (χ2v) is 4.74. The Morgan fingerprint density at radius 1 is 1.11 bits per heavy atom. The summed E-state index contributed by atoms with van der Waals surface area (Å²) in [5.74, 6) is 0. The highest BCUT2D eigenvalue weighted by atomic mass is 16.1. The highest BCUT2D eigenvalue weighted by molar-refractivity contribution is 5.64. The maximum Gasteiger partial charge on any atom is 0.144 e. The molecule has 0 amide bonds. The number of aldehydes is 1. The second kappa shape index (κ2) is 6.90. The van der Waals surface area contributed by atoms with E-state index in [0.717, 1.165) is 44.6 Å². The summed E-state index contributed by atoms with van der Waals surface area (Å²) in [7, 11) is 0. The van der Waals surface area contributed by atoms with Gasteiger partial charge < -0.3 is 4.90 Å². The largest absolute Gasteiger partial charge is 0.375 e. The van der Waals surface area contributed by atoms with Crippen LogP contribution in [-0.4, -0.2) is 42.3 Å². The van der Waals surface area contributed by atoms with Gasteiger partial charge in [0.05, 0.1) is 0 Å². The third-order valence-corrected chi connectivity index (χ3v) is 3.40. The summed E-state index contributed by atoms with van der Waals surface area (Å²) >= 11 is 0. The lowest BCUT2D eigenvalue weighted by Gasteiger charge is -2.34. The Kier molecular flexibility index (Phi) is 4.93. The maximum atomic E-state index is 10.3. The Labute approximate surface area is 114 Å². The molecule has 0 N–H and O–H groups in total. The zero-order valence-electron chi connectivity index (χ0n) is 11.2. The van der Waals surface area contributed by atoms with Crippen molar-refractivity contribution in [2.75, 3.05) is 26.2 Å². The molecule has 3 heteroatoms. The van der Waals surface area contributed by atoms with Gasteiger partial charge in [-0.15, -0.1) is 0 Å². The van der Waals surface area contributed by atoms with Gasteiger partial charge in [0.25, 0.3) is 0 Å². The third-order valence-electron chi connectivity index (χ3n) is 3.40. The van der Waals surface area contributed by atoms with E-state index in [9.17, 15) is 4.79 Å². The number of carbonyl (C=O) groups is 1. The van der Waals surface area contributed by atoms with E-state index in [4.69, 9.17) is 0 Å². The number of rotatable bonds is 5. The van der Waals surface area contributed by atoms with Gasteiger partial charge in [0.2, 0.25) is 0 Å². The minimum Gasteiger partial charge on any atom is -0.375 e. The smallest absolute Gasteiger partial charge is 0.144 e. The molecule has 1 saturated heterocycles. The van der Waals surface area contributed by atoms with Gasteiger partial charge in [-0.05, 0) is 17.2 Å². The van der Waals surface area contributed by atoms with E-state index in [1.54, 1.807) is 6.08 Å². The van der Waals surface area contributed by atoms with Crippen molar-refractivity contribution in [3.63, 3.8) is 0 Å². The molecule has 1 aliphatic rings. The number of nitrogens with zero attached hydrogens (tertiary/aromatic N) is 2. The highest BCUT2D eigenvalue weighted by Crippen LogP contribution is 2.10. The molecule has 1 heterocycles. The summed E-state index contributed by atoms with van der Waals surface area (Å²) < 4.78 is 0. The fraction of sp³-hybridized carbons (Fsp3) is 0.312. The van der Waals surface area contributed by atoms with Crippen LogP contribution in [0.5, 0.6) is 0 Å². The van der Waals surface area contributed by atoms with Crippen molar-refractivity contribution in [1.82, 2.24) is 9.80 Å². The Morgan fingerprint density at radius 3 is 2.37 bits per heavy atom. The first-order valence-electron chi connectivity index (χ1n) is 6.61. The van der Waals surface area contributed by atoms with Crippen LogP contribution in [0.4, 0.5) is 0 Å². The van der Waals surface area contributed by atoms with Crippen molar-refractivity contribution >= 4 is 12.4 Å². The van der Waals surface area contributed by atoms with Crippen molar-refractivity contribution in [2.24, 2.45) is 0 Å².